The number of amides is 1. The summed E-state index contributed by atoms with van der Waals surface area (Å²) in [6.45, 7) is 7.40. The summed E-state index contributed by atoms with van der Waals surface area (Å²) in [5, 5.41) is 1.79. The molecule has 1 N–H and O–H groups in total. The van der Waals surface area contributed by atoms with E-state index >= 15 is 4.39 Å². The zero-order chi connectivity index (χ0) is 44.5. The second-order valence-corrected chi connectivity index (χ2v) is 16.0. The van der Waals surface area contributed by atoms with Gasteiger partial charge in [0, 0.05) is 24.8 Å². The molecule has 0 bridgehead atoms. The highest BCUT2D eigenvalue weighted by Gasteiger charge is 2.39. The Bertz CT molecular complexity index is 2560. The minimum absolute atomic E-state index is 0.0270. The van der Waals surface area contributed by atoms with Crippen LogP contribution in [0.15, 0.2) is 79.0 Å². The number of rotatable bonds is 11. The number of benzene rings is 3. The van der Waals surface area contributed by atoms with E-state index in [0.717, 1.165) is 17.2 Å². The molecule has 62 heavy (non-hydrogen) atoms. The van der Waals surface area contributed by atoms with Crippen molar-refractivity contribution < 1.29 is 41.3 Å². The fourth-order valence-corrected chi connectivity index (χ4v) is 7.59. The van der Waals surface area contributed by atoms with Crippen molar-refractivity contribution in [3.8, 4) is 28.5 Å². The minimum Gasteiger partial charge on any atom is -0.497 e. The lowest BCUT2D eigenvalue weighted by atomic mass is 10.0. The summed E-state index contributed by atoms with van der Waals surface area (Å²) in [5.74, 6) is 0.225. The molecular weight excluding hydrogens is 853 g/mol. The smallest absolute Gasteiger partial charge is 0.418 e. The van der Waals surface area contributed by atoms with Gasteiger partial charge in [0.1, 0.15) is 46.7 Å². The third-order valence-corrected chi connectivity index (χ3v) is 10.5. The largest absolute Gasteiger partial charge is 0.497 e. The van der Waals surface area contributed by atoms with Crippen LogP contribution in [-0.4, -0.2) is 59.0 Å². The second-order valence-electron chi connectivity index (χ2n) is 15.3. The standard InChI is InChI=1S/C44H41Cl2F4N7O5/c1-24(29-8-7-19-51-39(29)54-42(58)62-43(2,3)4)57-20-21-61-38-33-37(53-41(46)55-40(33)57)35(47)32(34(38)45)36-30(44(48,49)50)17-18-31(52-36)56(22-25-9-13-27(59-5)14-10-25)23-26-11-15-28(60-6)16-12-26/h7-19,24H,20-23H2,1-6H3,(H,51,54,58). The molecule has 0 radical (unpaired) electrons. The van der Waals surface area contributed by atoms with Gasteiger partial charge in [-0.1, -0.05) is 41.9 Å². The molecule has 3 aromatic carbocycles. The first-order valence-electron chi connectivity index (χ1n) is 19.3. The highest BCUT2D eigenvalue weighted by molar-refractivity contribution is 6.37. The topological polar surface area (TPSA) is 124 Å². The van der Waals surface area contributed by atoms with Crippen molar-refractivity contribution in [1.29, 1.82) is 0 Å². The number of carbonyl (C=O) groups is 1. The lowest BCUT2D eigenvalue weighted by Crippen LogP contribution is -2.32. The van der Waals surface area contributed by atoms with Crippen molar-refractivity contribution in [2.45, 2.75) is 58.6 Å². The SMILES string of the molecule is COc1ccc(CN(Cc2ccc(OC)cc2)c2ccc(C(F)(F)F)c(-c3c(Cl)c4c5c(nc(Cl)nc5c3F)N(C(C)c3cccnc3NC(=O)OC(C)(C)C)CCO4)n2)cc1. The fraction of sp³-hybridized carbons (Fsp3) is 0.295. The van der Waals surface area contributed by atoms with Gasteiger partial charge < -0.3 is 28.7 Å². The number of anilines is 3. The number of nitrogens with zero attached hydrogens (tertiary/aromatic N) is 6. The number of carbonyl (C=O) groups excluding carboxylic acids is 1. The van der Waals surface area contributed by atoms with E-state index < -0.39 is 62.4 Å². The highest BCUT2D eigenvalue weighted by Crippen LogP contribution is 2.50. The number of ether oxygens (including phenoxy) is 4. The van der Waals surface area contributed by atoms with Gasteiger partial charge in [-0.05, 0) is 92.9 Å². The van der Waals surface area contributed by atoms with Crippen LogP contribution < -0.4 is 29.3 Å². The van der Waals surface area contributed by atoms with Crippen LogP contribution in [0.3, 0.4) is 0 Å². The average Bonchev–Trinajstić information content (AvgIpc) is 3.42. The predicted octanol–water partition coefficient (Wildman–Crippen LogP) is 11.1. The van der Waals surface area contributed by atoms with Crippen molar-refractivity contribution in [1.82, 2.24) is 19.9 Å². The summed E-state index contributed by atoms with van der Waals surface area (Å²) >= 11 is 13.5. The van der Waals surface area contributed by atoms with E-state index in [9.17, 15) is 18.0 Å². The van der Waals surface area contributed by atoms with Crippen LogP contribution in [0.4, 0.5) is 39.8 Å². The number of methoxy groups -OCH3 is 2. The molecule has 6 aromatic rings. The average molecular weight is 895 g/mol. The maximum atomic E-state index is 17.4. The molecule has 1 aliphatic heterocycles. The van der Waals surface area contributed by atoms with Gasteiger partial charge >= 0.3 is 12.3 Å². The molecule has 0 aliphatic carbocycles. The zero-order valence-electron chi connectivity index (χ0n) is 34.4. The van der Waals surface area contributed by atoms with E-state index in [0.29, 0.717) is 17.1 Å². The first-order chi connectivity index (χ1) is 29.4. The van der Waals surface area contributed by atoms with Crippen LogP contribution in [0.1, 0.15) is 56.0 Å². The van der Waals surface area contributed by atoms with Gasteiger partial charge in [0.25, 0.3) is 0 Å². The molecule has 0 saturated carbocycles. The van der Waals surface area contributed by atoms with Crippen LogP contribution in [0.2, 0.25) is 10.3 Å². The molecule has 1 aliphatic rings. The third-order valence-electron chi connectivity index (χ3n) is 9.97. The van der Waals surface area contributed by atoms with Gasteiger partial charge in [-0.25, -0.2) is 24.1 Å². The van der Waals surface area contributed by atoms with E-state index in [1.54, 1.807) is 88.1 Å². The first kappa shape index (κ1) is 43.9. The van der Waals surface area contributed by atoms with E-state index in [1.165, 1.54) is 12.3 Å². The maximum absolute atomic E-state index is 17.4. The highest BCUT2D eigenvalue weighted by atomic mass is 35.5. The molecule has 0 spiro atoms. The predicted molar refractivity (Wildman–Crippen MR) is 229 cm³/mol. The summed E-state index contributed by atoms with van der Waals surface area (Å²) in [6, 6.07) is 19.2. The maximum Gasteiger partial charge on any atom is 0.418 e. The Morgan fingerprint density at radius 2 is 1.55 bits per heavy atom. The van der Waals surface area contributed by atoms with Crippen molar-refractivity contribution in [2.24, 2.45) is 0 Å². The van der Waals surface area contributed by atoms with Gasteiger partial charge in [0.05, 0.1) is 54.0 Å². The van der Waals surface area contributed by atoms with Gasteiger partial charge in [-0.3, -0.25) is 5.32 Å². The summed E-state index contributed by atoms with van der Waals surface area (Å²) < 4.78 is 84.6. The van der Waals surface area contributed by atoms with E-state index in [-0.39, 0.29) is 54.8 Å². The molecule has 0 fully saturated rings. The number of hydrogen-bond donors (Lipinski definition) is 1. The van der Waals surface area contributed by atoms with E-state index in [4.69, 9.17) is 42.1 Å². The summed E-state index contributed by atoms with van der Waals surface area (Å²) in [4.78, 5) is 33.8. The molecule has 12 nitrogen and oxygen atoms in total. The lowest BCUT2D eigenvalue weighted by Gasteiger charge is -2.30. The van der Waals surface area contributed by atoms with Crippen LogP contribution in [0.5, 0.6) is 17.2 Å². The van der Waals surface area contributed by atoms with Gasteiger partial charge in [-0.15, -0.1) is 0 Å². The van der Waals surface area contributed by atoms with Crippen LogP contribution in [0.25, 0.3) is 22.2 Å². The molecule has 4 heterocycles. The number of nitrogens with one attached hydrogen (secondary N) is 1. The summed E-state index contributed by atoms with van der Waals surface area (Å²) in [5.41, 5.74) is -1.82. The Hall–Kier alpha value is -6.13. The van der Waals surface area contributed by atoms with Crippen molar-refractivity contribution in [3.63, 3.8) is 0 Å². The minimum atomic E-state index is -4.99. The number of aromatic nitrogens is 4. The molecule has 324 valence electrons. The van der Waals surface area contributed by atoms with Crippen molar-refractivity contribution in [2.75, 3.05) is 42.5 Å². The number of hydrogen-bond acceptors (Lipinski definition) is 11. The Morgan fingerprint density at radius 1 is 0.919 bits per heavy atom. The van der Waals surface area contributed by atoms with E-state index in [1.807, 2.05) is 24.3 Å². The van der Waals surface area contributed by atoms with Crippen LogP contribution >= 0.6 is 23.2 Å². The molecule has 0 saturated heterocycles. The Labute approximate surface area is 364 Å². The molecule has 1 unspecified atom stereocenters. The second kappa shape index (κ2) is 17.7. The molecule has 1 atom stereocenters. The van der Waals surface area contributed by atoms with Gasteiger partial charge in [0.2, 0.25) is 5.28 Å². The first-order valence-corrected chi connectivity index (χ1v) is 20.0. The molecule has 7 rings (SSSR count). The molecule has 3 aromatic heterocycles. The summed E-state index contributed by atoms with van der Waals surface area (Å²) in [7, 11) is 3.08. The summed E-state index contributed by atoms with van der Waals surface area (Å²) in [6.07, 6.45) is -4.23. The Kier molecular flexibility index (Phi) is 12.5. The zero-order valence-corrected chi connectivity index (χ0v) is 35.9. The Morgan fingerprint density at radius 3 is 2.13 bits per heavy atom. The van der Waals surface area contributed by atoms with Crippen molar-refractivity contribution in [3.05, 3.63) is 117 Å². The van der Waals surface area contributed by atoms with Crippen LogP contribution in [-0.2, 0) is 24.0 Å². The molecule has 18 heteroatoms. The normalized spacial score (nSPS) is 13.3. The number of pyridine rings is 2. The Balaban J connectivity index is 1.36. The quantitative estimate of drug-likeness (QED) is 0.0987. The monoisotopic (exact) mass is 893 g/mol. The van der Waals surface area contributed by atoms with Crippen molar-refractivity contribution >= 4 is 57.7 Å². The fourth-order valence-electron chi connectivity index (χ4n) is 7.10. The van der Waals surface area contributed by atoms with Gasteiger partial charge in [0.15, 0.2) is 11.6 Å². The number of halogens is 6. The molecule has 1 amide bonds. The number of alkyl halides is 3. The van der Waals surface area contributed by atoms with Gasteiger partial charge in [-0.2, -0.15) is 18.2 Å². The lowest BCUT2D eigenvalue weighted by molar-refractivity contribution is -0.137. The van der Waals surface area contributed by atoms with E-state index in [2.05, 4.69) is 25.3 Å². The molecular formula is C44H41Cl2F4N7O5. The van der Waals surface area contributed by atoms with Crippen LogP contribution in [0, 0.1) is 5.82 Å². The third kappa shape index (κ3) is 9.36.